The molecule has 0 aliphatic heterocycles. The number of carbonyl (C=O) groups is 1. The largest absolute Gasteiger partial charge is 0.352 e. The summed E-state index contributed by atoms with van der Waals surface area (Å²) in [6, 6.07) is 8.22. The van der Waals surface area contributed by atoms with Crippen molar-refractivity contribution >= 4 is 5.91 Å². The Hall–Kier alpha value is -1.35. The molecule has 0 bridgehead atoms. The predicted octanol–water partition coefficient (Wildman–Crippen LogP) is 2.34. The summed E-state index contributed by atoms with van der Waals surface area (Å²) in [6.07, 6.45) is 0.577. The molecule has 0 saturated carbocycles. The SMILES string of the molecule is CCN(CC)CCC(=O)NCc1cccc(C)c1. The Kier molecular flexibility index (Phi) is 6.44. The fourth-order valence-electron chi connectivity index (χ4n) is 1.91. The predicted molar refractivity (Wildman–Crippen MR) is 75.4 cm³/mol. The number of carbonyl (C=O) groups excluding carboxylic acids is 1. The molecular weight excluding hydrogens is 224 g/mol. The van der Waals surface area contributed by atoms with Gasteiger partial charge in [-0.1, -0.05) is 43.7 Å². The van der Waals surface area contributed by atoms with Gasteiger partial charge in [-0.2, -0.15) is 0 Å². The van der Waals surface area contributed by atoms with Gasteiger partial charge >= 0.3 is 0 Å². The van der Waals surface area contributed by atoms with Gasteiger partial charge in [0.25, 0.3) is 0 Å². The lowest BCUT2D eigenvalue weighted by atomic mass is 10.1. The number of benzene rings is 1. The van der Waals surface area contributed by atoms with E-state index in [1.54, 1.807) is 0 Å². The van der Waals surface area contributed by atoms with Crippen molar-refractivity contribution in [1.29, 1.82) is 0 Å². The number of hydrogen-bond donors (Lipinski definition) is 1. The second-order valence-electron chi connectivity index (χ2n) is 4.54. The van der Waals surface area contributed by atoms with Crippen LogP contribution >= 0.6 is 0 Å². The lowest BCUT2D eigenvalue weighted by molar-refractivity contribution is -0.121. The molecule has 100 valence electrons. The van der Waals surface area contributed by atoms with Gasteiger partial charge in [-0.3, -0.25) is 4.79 Å². The summed E-state index contributed by atoms with van der Waals surface area (Å²) in [4.78, 5) is 14.0. The minimum atomic E-state index is 0.128. The zero-order valence-electron chi connectivity index (χ0n) is 11.7. The zero-order valence-corrected chi connectivity index (χ0v) is 11.7. The molecule has 0 fully saturated rings. The van der Waals surface area contributed by atoms with Crippen LogP contribution in [-0.2, 0) is 11.3 Å². The molecule has 1 rings (SSSR count). The highest BCUT2D eigenvalue weighted by Crippen LogP contribution is 2.03. The van der Waals surface area contributed by atoms with E-state index >= 15 is 0 Å². The number of rotatable bonds is 7. The summed E-state index contributed by atoms with van der Waals surface area (Å²) in [6.45, 7) is 9.77. The molecule has 1 aromatic carbocycles. The molecule has 0 atom stereocenters. The van der Waals surface area contributed by atoms with E-state index in [1.807, 2.05) is 12.1 Å². The number of amides is 1. The van der Waals surface area contributed by atoms with Crippen molar-refractivity contribution in [2.45, 2.75) is 33.7 Å². The van der Waals surface area contributed by atoms with Crippen LogP contribution in [0.5, 0.6) is 0 Å². The second kappa shape index (κ2) is 7.88. The quantitative estimate of drug-likeness (QED) is 0.803. The number of nitrogens with zero attached hydrogens (tertiary/aromatic N) is 1. The first-order valence-electron chi connectivity index (χ1n) is 6.70. The average molecular weight is 248 g/mol. The smallest absolute Gasteiger partial charge is 0.221 e. The van der Waals surface area contributed by atoms with Crippen LogP contribution in [0.3, 0.4) is 0 Å². The molecule has 1 N–H and O–H groups in total. The molecule has 1 amide bonds. The van der Waals surface area contributed by atoms with E-state index in [0.29, 0.717) is 13.0 Å². The van der Waals surface area contributed by atoms with Crippen molar-refractivity contribution < 1.29 is 4.79 Å². The first-order chi connectivity index (χ1) is 8.65. The summed E-state index contributed by atoms with van der Waals surface area (Å²) in [5, 5.41) is 2.96. The number of aryl methyl sites for hydroxylation is 1. The van der Waals surface area contributed by atoms with Gasteiger partial charge in [0.1, 0.15) is 0 Å². The molecule has 3 heteroatoms. The first-order valence-corrected chi connectivity index (χ1v) is 6.70. The molecule has 0 aliphatic rings. The van der Waals surface area contributed by atoms with Gasteiger partial charge in [-0.15, -0.1) is 0 Å². The van der Waals surface area contributed by atoms with Crippen LogP contribution in [0.2, 0.25) is 0 Å². The van der Waals surface area contributed by atoms with Crippen LogP contribution in [0.15, 0.2) is 24.3 Å². The van der Waals surface area contributed by atoms with Crippen LogP contribution in [-0.4, -0.2) is 30.4 Å². The molecule has 0 heterocycles. The Morgan fingerprint density at radius 2 is 2.00 bits per heavy atom. The van der Waals surface area contributed by atoms with E-state index in [1.165, 1.54) is 5.56 Å². The van der Waals surface area contributed by atoms with E-state index in [9.17, 15) is 4.79 Å². The van der Waals surface area contributed by atoms with Crippen molar-refractivity contribution in [3.63, 3.8) is 0 Å². The average Bonchev–Trinajstić information content (AvgIpc) is 2.37. The highest BCUT2D eigenvalue weighted by atomic mass is 16.1. The topological polar surface area (TPSA) is 32.3 Å². The summed E-state index contributed by atoms with van der Waals surface area (Å²) >= 11 is 0. The minimum Gasteiger partial charge on any atom is -0.352 e. The molecule has 3 nitrogen and oxygen atoms in total. The maximum absolute atomic E-state index is 11.7. The third-order valence-electron chi connectivity index (χ3n) is 3.12. The second-order valence-corrected chi connectivity index (χ2v) is 4.54. The summed E-state index contributed by atoms with van der Waals surface area (Å²) in [5.41, 5.74) is 2.39. The fourth-order valence-corrected chi connectivity index (χ4v) is 1.91. The molecule has 1 aromatic rings. The molecule has 18 heavy (non-hydrogen) atoms. The van der Waals surface area contributed by atoms with E-state index in [2.05, 4.69) is 43.1 Å². The Morgan fingerprint density at radius 3 is 2.61 bits per heavy atom. The lowest BCUT2D eigenvalue weighted by Crippen LogP contribution is -2.30. The van der Waals surface area contributed by atoms with Crippen molar-refractivity contribution in [3.8, 4) is 0 Å². The Morgan fingerprint density at radius 1 is 1.28 bits per heavy atom. The van der Waals surface area contributed by atoms with Crippen molar-refractivity contribution in [1.82, 2.24) is 10.2 Å². The van der Waals surface area contributed by atoms with Crippen molar-refractivity contribution in [2.24, 2.45) is 0 Å². The highest BCUT2D eigenvalue weighted by molar-refractivity contribution is 5.76. The zero-order chi connectivity index (χ0) is 13.4. The van der Waals surface area contributed by atoms with E-state index in [-0.39, 0.29) is 5.91 Å². The normalized spacial score (nSPS) is 10.7. The van der Waals surface area contributed by atoms with Gasteiger partial charge in [0.2, 0.25) is 5.91 Å². The van der Waals surface area contributed by atoms with Gasteiger partial charge in [0.05, 0.1) is 0 Å². The molecule has 0 spiro atoms. The van der Waals surface area contributed by atoms with Gasteiger partial charge < -0.3 is 10.2 Å². The Labute approximate surface area is 110 Å². The van der Waals surface area contributed by atoms with Crippen LogP contribution in [0, 0.1) is 6.92 Å². The Bertz CT molecular complexity index is 373. The summed E-state index contributed by atoms with van der Waals surface area (Å²) < 4.78 is 0. The van der Waals surface area contributed by atoms with Crippen LogP contribution < -0.4 is 5.32 Å². The maximum atomic E-state index is 11.7. The molecule has 0 aliphatic carbocycles. The minimum absolute atomic E-state index is 0.128. The standard InChI is InChI=1S/C15H24N2O/c1-4-17(5-2)10-9-15(18)16-12-14-8-6-7-13(3)11-14/h6-8,11H,4-5,9-10,12H2,1-3H3,(H,16,18). The van der Waals surface area contributed by atoms with Crippen LogP contribution in [0.1, 0.15) is 31.4 Å². The third kappa shape index (κ3) is 5.32. The van der Waals surface area contributed by atoms with E-state index in [4.69, 9.17) is 0 Å². The van der Waals surface area contributed by atoms with Gasteiger partial charge in [0.15, 0.2) is 0 Å². The van der Waals surface area contributed by atoms with Gasteiger partial charge in [0, 0.05) is 19.5 Å². The van der Waals surface area contributed by atoms with E-state index < -0.39 is 0 Å². The van der Waals surface area contributed by atoms with Crippen molar-refractivity contribution in [2.75, 3.05) is 19.6 Å². The van der Waals surface area contributed by atoms with Gasteiger partial charge in [-0.05, 0) is 25.6 Å². The van der Waals surface area contributed by atoms with E-state index in [0.717, 1.165) is 25.2 Å². The molecule has 0 unspecified atom stereocenters. The van der Waals surface area contributed by atoms with Crippen molar-refractivity contribution in [3.05, 3.63) is 35.4 Å². The summed E-state index contributed by atoms with van der Waals surface area (Å²) in [7, 11) is 0. The molecule has 0 saturated heterocycles. The highest BCUT2D eigenvalue weighted by Gasteiger charge is 2.04. The van der Waals surface area contributed by atoms with Crippen LogP contribution in [0.4, 0.5) is 0 Å². The van der Waals surface area contributed by atoms with Gasteiger partial charge in [-0.25, -0.2) is 0 Å². The number of nitrogens with one attached hydrogen (secondary N) is 1. The molecule has 0 radical (unpaired) electrons. The molecule has 0 aromatic heterocycles. The Balaban J connectivity index is 2.29. The number of hydrogen-bond acceptors (Lipinski definition) is 2. The fraction of sp³-hybridized carbons (Fsp3) is 0.533. The monoisotopic (exact) mass is 248 g/mol. The molecular formula is C15H24N2O. The first kappa shape index (κ1) is 14.7. The summed E-state index contributed by atoms with van der Waals surface area (Å²) in [5.74, 6) is 0.128. The third-order valence-corrected chi connectivity index (χ3v) is 3.12. The maximum Gasteiger partial charge on any atom is 0.221 e. The lowest BCUT2D eigenvalue weighted by Gasteiger charge is -2.17. The van der Waals surface area contributed by atoms with Crippen LogP contribution in [0.25, 0.3) is 0 Å².